The van der Waals surface area contributed by atoms with E-state index in [0.29, 0.717) is 0 Å². The molecule has 2 aromatic rings. The second-order valence-corrected chi connectivity index (χ2v) is 12.5. The molecule has 4 heteroatoms. The Kier molecular flexibility index (Phi) is 3.86. The molecular formula is C25H32NO2P. The third-order valence-electron chi connectivity index (χ3n) is 7.08. The van der Waals surface area contributed by atoms with Gasteiger partial charge in [-0.15, -0.1) is 0 Å². The zero-order valence-electron chi connectivity index (χ0n) is 18.9. The van der Waals surface area contributed by atoms with Crippen molar-refractivity contribution < 1.29 is 9.05 Å². The molecule has 29 heavy (non-hydrogen) atoms. The predicted octanol–water partition coefficient (Wildman–Crippen LogP) is 6.51. The average Bonchev–Trinajstić information content (AvgIpc) is 2.92. The van der Waals surface area contributed by atoms with Gasteiger partial charge in [0.1, 0.15) is 11.5 Å². The lowest BCUT2D eigenvalue weighted by molar-refractivity contribution is 0.333. The molecule has 2 aliphatic carbocycles. The zero-order chi connectivity index (χ0) is 20.9. The molecule has 0 unspecified atom stereocenters. The smallest absolute Gasteiger partial charge is 0.384 e. The van der Waals surface area contributed by atoms with Crippen LogP contribution >= 0.6 is 8.53 Å². The van der Waals surface area contributed by atoms with E-state index in [1.165, 1.54) is 33.4 Å². The number of rotatable bonds is 1. The first kappa shape index (κ1) is 19.4. The SMILES string of the molecule is Cc1cc2c3c(c1)C(C)(C)CC31CC(C)(C)c3cc(C)cc(c31)OP(N(C)C)O2. The quantitative estimate of drug-likeness (QED) is 0.501. The van der Waals surface area contributed by atoms with Crippen molar-refractivity contribution in [3.63, 3.8) is 0 Å². The fourth-order valence-electron chi connectivity index (χ4n) is 6.30. The summed E-state index contributed by atoms with van der Waals surface area (Å²) >= 11 is 0. The Labute approximate surface area is 176 Å². The van der Waals surface area contributed by atoms with Crippen molar-refractivity contribution in [3.8, 4) is 11.5 Å². The maximum absolute atomic E-state index is 6.65. The third-order valence-corrected chi connectivity index (χ3v) is 8.43. The number of benzene rings is 2. The highest BCUT2D eigenvalue weighted by Crippen LogP contribution is 2.68. The molecule has 0 radical (unpaired) electrons. The summed E-state index contributed by atoms with van der Waals surface area (Å²) in [7, 11) is 2.87. The summed E-state index contributed by atoms with van der Waals surface area (Å²) in [5.41, 5.74) is 8.44. The van der Waals surface area contributed by atoms with Gasteiger partial charge in [0.25, 0.3) is 0 Å². The molecule has 5 rings (SSSR count). The van der Waals surface area contributed by atoms with Gasteiger partial charge in [0.05, 0.1) is 0 Å². The van der Waals surface area contributed by atoms with E-state index in [1.54, 1.807) is 0 Å². The monoisotopic (exact) mass is 409 g/mol. The van der Waals surface area contributed by atoms with E-state index < -0.39 is 8.53 Å². The first-order chi connectivity index (χ1) is 13.4. The molecule has 0 N–H and O–H groups in total. The highest BCUT2D eigenvalue weighted by atomic mass is 31.2. The molecule has 0 saturated heterocycles. The Morgan fingerprint density at radius 2 is 1.17 bits per heavy atom. The minimum Gasteiger partial charge on any atom is -0.427 e. The van der Waals surface area contributed by atoms with Crippen LogP contribution in [0.2, 0.25) is 0 Å². The second kappa shape index (κ2) is 5.77. The number of hydrogen-bond donors (Lipinski definition) is 0. The first-order valence-corrected chi connectivity index (χ1v) is 11.7. The maximum atomic E-state index is 6.65. The van der Waals surface area contributed by atoms with Gasteiger partial charge in [-0.25, -0.2) is 4.67 Å². The molecule has 0 bridgehead atoms. The van der Waals surface area contributed by atoms with Gasteiger partial charge < -0.3 is 9.05 Å². The van der Waals surface area contributed by atoms with Gasteiger partial charge in [0, 0.05) is 16.5 Å². The molecule has 0 fully saturated rings. The van der Waals surface area contributed by atoms with E-state index in [4.69, 9.17) is 9.05 Å². The van der Waals surface area contributed by atoms with Crippen molar-refractivity contribution in [2.45, 2.75) is 70.6 Å². The van der Waals surface area contributed by atoms with Crippen molar-refractivity contribution in [3.05, 3.63) is 57.6 Å². The third kappa shape index (κ3) is 2.56. The Balaban J connectivity index is 1.92. The Bertz CT molecular complexity index is 958. The van der Waals surface area contributed by atoms with Crippen molar-refractivity contribution in [2.75, 3.05) is 14.1 Å². The maximum Gasteiger partial charge on any atom is 0.384 e. The number of aryl methyl sites for hydroxylation is 2. The molecule has 1 heterocycles. The van der Waals surface area contributed by atoms with Gasteiger partial charge in [-0.1, -0.05) is 39.8 Å². The molecule has 0 saturated carbocycles. The van der Waals surface area contributed by atoms with Crippen LogP contribution in [0.4, 0.5) is 0 Å². The van der Waals surface area contributed by atoms with Gasteiger partial charge in [-0.3, -0.25) is 0 Å². The van der Waals surface area contributed by atoms with E-state index >= 15 is 0 Å². The lowest BCUT2D eigenvalue weighted by Gasteiger charge is -2.36. The van der Waals surface area contributed by atoms with Crippen molar-refractivity contribution in [1.82, 2.24) is 4.67 Å². The number of nitrogens with zero attached hydrogens (tertiary/aromatic N) is 1. The fraction of sp³-hybridized carbons (Fsp3) is 0.520. The van der Waals surface area contributed by atoms with E-state index in [2.05, 4.69) is 70.5 Å². The first-order valence-electron chi connectivity index (χ1n) is 10.6. The molecule has 1 spiro atoms. The summed E-state index contributed by atoms with van der Waals surface area (Å²) in [6.07, 6.45) is 2.20. The fourth-order valence-corrected chi connectivity index (χ4v) is 7.28. The van der Waals surface area contributed by atoms with Crippen LogP contribution in [0.3, 0.4) is 0 Å². The molecule has 3 aliphatic rings. The van der Waals surface area contributed by atoms with Crippen LogP contribution in [0.5, 0.6) is 11.5 Å². The largest absolute Gasteiger partial charge is 0.427 e. The van der Waals surface area contributed by atoms with Gasteiger partial charge in [0.2, 0.25) is 0 Å². The molecule has 0 amide bonds. The van der Waals surface area contributed by atoms with Crippen molar-refractivity contribution in [1.29, 1.82) is 0 Å². The lowest BCUT2D eigenvalue weighted by Crippen LogP contribution is -2.29. The summed E-state index contributed by atoms with van der Waals surface area (Å²) in [5, 5.41) is 0. The van der Waals surface area contributed by atoms with Crippen LogP contribution in [-0.4, -0.2) is 18.8 Å². The van der Waals surface area contributed by atoms with Crippen molar-refractivity contribution >= 4 is 8.53 Å². The number of hydrogen-bond acceptors (Lipinski definition) is 3. The van der Waals surface area contributed by atoms with Gasteiger partial charge in [-0.05, 0) is 86.0 Å². The summed E-state index contributed by atoms with van der Waals surface area (Å²) in [6, 6.07) is 9.26. The Hall–Kier alpha value is -1.57. The van der Waals surface area contributed by atoms with Gasteiger partial charge in [-0.2, -0.15) is 0 Å². The predicted molar refractivity (Wildman–Crippen MR) is 120 cm³/mol. The highest BCUT2D eigenvalue weighted by molar-refractivity contribution is 7.45. The van der Waals surface area contributed by atoms with Crippen LogP contribution < -0.4 is 9.05 Å². The van der Waals surface area contributed by atoms with Gasteiger partial charge >= 0.3 is 8.53 Å². The van der Waals surface area contributed by atoms with Crippen LogP contribution in [0.1, 0.15) is 73.9 Å². The molecule has 2 aromatic carbocycles. The average molecular weight is 410 g/mol. The second-order valence-electron chi connectivity index (χ2n) is 10.8. The molecule has 3 nitrogen and oxygen atoms in total. The van der Waals surface area contributed by atoms with E-state index in [1.807, 2.05) is 14.1 Å². The standard InChI is InChI=1S/C25H32NO2P/c1-15-9-17-21-19(11-15)27-29(26(7)8)28-20-12-16(2)10-18-22(20)25(21,13-23(17,3)4)14-24(18,5)6/h9-12H,13-14H2,1-8H3. The molecule has 1 aliphatic heterocycles. The summed E-state index contributed by atoms with van der Waals surface area (Å²) < 4.78 is 15.4. The van der Waals surface area contributed by atoms with E-state index in [0.717, 1.165) is 24.3 Å². The minimum absolute atomic E-state index is 0.0442. The van der Waals surface area contributed by atoms with Crippen LogP contribution in [-0.2, 0) is 16.2 Å². The van der Waals surface area contributed by atoms with Gasteiger partial charge in [0.15, 0.2) is 0 Å². The minimum atomic E-state index is -1.21. The lowest BCUT2D eigenvalue weighted by atomic mass is 9.72. The molecule has 154 valence electrons. The van der Waals surface area contributed by atoms with Crippen LogP contribution in [0.15, 0.2) is 24.3 Å². The van der Waals surface area contributed by atoms with E-state index in [9.17, 15) is 0 Å². The van der Waals surface area contributed by atoms with Crippen LogP contribution in [0, 0.1) is 13.8 Å². The molecule has 0 atom stereocenters. The van der Waals surface area contributed by atoms with Crippen molar-refractivity contribution in [2.24, 2.45) is 0 Å². The summed E-state index contributed by atoms with van der Waals surface area (Å²) in [4.78, 5) is 0. The molecular weight excluding hydrogens is 377 g/mol. The Morgan fingerprint density at radius 3 is 1.55 bits per heavy atom. The van der Waals surface area contributed by atoms with Crippen LogP contribution in [0.25, 0.3) is 0 Å². The topological polar surface area (TPSA) is 21.7 Å². The normalized spacial score (nSPS) is 22.4. The summed E-state index contributed by atoms with van der Waals surface area (Å²) in [6.45, 7) is 14.0. The van der Waals surface area contributed by atoms with E-state index in [-0.39, 0.29) is 16.2 Å². The molecule has 0 aromatic heterocycles. The Morgan fingerprint density at radius 1 is 0.759 bits per heavy atom. The highest BCUT2D eigenvalue weighted by Gasteiger charge is 2.59. The zero-order valence-corrected chi connectivity index (χ0v) is 19.8. The summed E-state index contributed by atoms with van der Waals surface area (Å²) in [5.74, 6) is 2.06.